The first kappa shape index (κ1) is 18.4. The fourth-order valence-electron chi connectivity index (χ4n) is 0.711. The topological polar surface area (TPSA) is 3.01 Å². The molecular formula is C9H11ClF6NPS. The molecule has 1 aromatic heterocycles. The molecule has 1 nitrogen and oxygen atoms in total. The van der Waals surface area contributed by atoms with Gasteiger partial charge in [0.05, 0.1) is 5.03 Å². The maximum absolute atomic E-state index is 10.7. The molecule has 0 spiro atoms. The van der Waals surface area contributed by atoms with Crippen LogP contribution in [0.2, 0.25) is 0 Å². The third-order valence-electron chi connectivity index (χ3n) is 1.28. The number of thiophene rings is 1. The molecule has 19 heavy (non-hydrogen) atoms. The average molecular weight is 346 g/mol. The Labute approximate surface area is 115 Å². The molecule has 0 N–H and O–H groups in total. The van der Waals surface area contributed by atoms with E-state index in [1.54, 1.807) is 11.3 Å². The van der Waals surface area contributed by atoms with Crippen LogP contribution in [0.15, 0.2) is 23.6 Å². The van der Waals surface area contributed by atoms with Crippen LogP contribution in [0.5, 0.6) is 0 Å². The van der Waals surface area contributed by atoms with E-state index in [4.69, 9.17) is 11.6 Å². The summed E-state index contributed by atoms with van der Waals surface area (Å²) in [6.07, 6.45) is 3.83. The van der Waals surface area contributed by atoms with Crippen LogP contribution in [-0.4, -0.2) is 24.9 Å². The van der Waals surface area contributed by atoms with Crippen molar-refractivity contribution in [1.82, 2.24) is 0 Å². The Balaban J connectivity index is 0.000000399. The summed E-state index contributed by atoms with van der Waals surface area (Å²) in [5.41, 5.74) is 0. The van der Waals surface area contributed by atoms with Crippen molar-refractivity contribution in [2.75, 3.05) is 14.1 Å². The van der Waals surface area contributed by atoms with Gasteiger partial charge in [0.15, 0.2) is 6.21 Å². The first-order chi connectivity index (χ1) is 8.15. The van der Waals surface area contributed by atoms with Gasteiger partial charge in [-0.3, -0.25) is 0 Å². The van der Waals surface area contributed by atoms with Gasteiger partial charge in [0.25, 0.3) is 0 Å². The van der Waals surface area contributed by atoms with Crippen LogP contribution >= 0.6 is 30.7 Å². The van der Waals surface area contributed by atoms with E-state index in [1.807, 2.05) is 48.5 Å². The van der Waals surface area contributed by atoms with E-state index in [0.29, 0.717) is 0 Å². The second-order valence-corrected chi connectivity index (χ2v) is 6.83. The summed E-state index contributed by atoms with van der Waals surface area (Å²) in [6.45, 7) is 0. The second-order valence-electron chi connectivity index (χ2n) is 3.56. The number of hydrogen-bond donors (Lipinski definition) is 0. The fraction of sp³-hybridized carbons (Fsp3) is 0.222. The first-order valence-electron chi connectivity index (χ1n) is 4.62. The number of hydrogen-bond acceptors (Lipinski definition) is 1. The van der Waals surface area contributed by atoms with Gasteiger partial charge in [-0.25, -0.2) is 4.58 Å². The van der Waals surface area contributed by atoms with Crippen molar-refractivity contribution in [3.63, 3.8) is 0 Å². The summed E-state index contributed by atoms with van der Waals surface area (Å²) in [5.74, 6) is 0. The number of nitrogens with zero attached hydrogens (tertiary/aromatic N) is 1. The molecule has 1 heterocycles. The van der Waals surface area contributed by atoms with Gasteiger partial charge in [0.2, 0.25) is 0 Å². The normalized spacial score (nSPS) is 15.7. The van der Waals surface area contributed by atoms with Crippen molar-refractivity contribution in [3.05, 3.63) is 28.5 Å². The zero-order valence-corrected chi connectivity index (χ0v) is 12.3. The third kappa shape index (κ3) is 17.4. The van der Waals surface area contributed by atoms with Crippen LogP contribution in [0.3, 0.4) is 0 Å². The predicted molar refractivity (Wildman–Crippen MR) is 69.9 cm³/mol. The SMILES string of the molecule is C[N+](C)=C/C=C(/Cl)c1cccs1.F[P-](F)(F)(F)(F)F. The number of halogens is 7. The molecule has 0 atom stereocenters. The molecule has 0 unspecified atom stereocenters. The van der Waals surface area contributed by atoms with Gasteiger partial charge in [-0.2, -0.15) is 0 Å². The molecule has 0 bridgehead atoms. The Morgan fingerprint density at radius 2 is 1.68 bits per heavy atom. The molecule has 0 amide bonds. The Morgan fingerprint density at radius 1 is 1.21 bits per heavy atom. The second kappa shape index (κ2) is 5.42. The zero-order chi connectivity index (χ0) is 15.4. The van der Waals surface area contributed by atoms with Crippen LogP contribution < -0.4 is 0 Å². The standard InChI is InChI=1S/C9H11ClNS.F6P/c1-11(2)6-5-8(10)9-4-3-7-12-9;1-7(2,3,4,5)6/h3-7H,1-2H3;/q+1;-1/b8-5+;. The molecule has 0 fully saturated rings. The molecule has 0 saturated heterocycles. The van der Waals surface area contributed by atoms with Crippen LogP contribution in [0.4, 0.5) is 25.2 Å². The molecule has 0 aliphatic carbocycles. The van der Waals surface area contributed by atoms with E-state index < -0.39 is 7.81 Å². The van der Waals surface area contributed by atoms with Crippen molar-refractivity contribution in [1.29, 1.82) is 0 Å². The average Bonchev–Trinajstić information content (AvgIpc) is 2.61. The minimum absolute atomic E-state index is 0.790. The summed E-state index contributed by atoms with van der Waals surface area (Å²) >= 11 is 7.65. The van der Waals surface area contributed by atoms with Gasteiger partial charge in [-0.1, -0.05) is 17.7 Å². The molecular weight excluding hydrogens is 335 g/mol. The molecule has 10 heteroatoms. The van der Waals surface area contributed by atoms with Crippen molar-refractivity contribution >= 4 is 42.0 Å². The summed E-state index contributed by atoms with van der Waals surface area (Å²) in [5, 5.41) is 2.81. The van der Waals surface area contributed by atoms with Crippen molar-refractivity contribution < 1.29 is 29.8 Å². The van der Waals surface area contributed by atoms with Gasteiger partial charge in [0.1, 0.15) is 14.1 Å². The van der Waals surface area contributed by atoms with Crippen LogP contribution in [0, 0.1) is 0 Å². The van der Waals surface area contributed by atoms with Gasteiger partial charge >= 0.3 is 33.0 Å². The van der Waals surface area contributed by atoms with Crippen molar-refractivity contribution in [3.8, 4) is 0 Å². The minimum atomic E-state index is -10.7. The summed E-state index contributed by atoms with van der Waals surface area (Å²) in [4.78, 5) is 1.11. The molecule has 112 valence electrons. The Morgan fingerprint density at radius 3 is 2.00 bits per heavy atom. The van der Waals surface area contributed by atoms with Gasteiger partial charge in [-0.15, -0.1) is 11.3 Å². The summed E-state index contributed by atoms with van der Waals surface area (Å²) in [6, 6.07) is 4.00. The molecule has 0 saturated carbocycles. The van der Waals surface area contributed by atoms with Gasteiger partial charge < -0.3 is 0 Å². The maximum atomic E-state index is 9.87. The first-order valence-corrected chi connectivity index (χ1v) is 7.91. The summed E-state index contributed by atoms with van der Waals surface area (Å²) < 4.78 is 61.1. The van der Waals surface area contributed by atoms with E-state index in [2.05, 4.69) is 0 Å². The number of rotatable bonds is 2. The van der Waals surface area contributed by atoms with Crippen molar-refractivity contribution in [2.45, 2.75) is 0 Å². The summed E-state index contributed by atoms with van der Waals surface area (Å²) in [7, 11) is -6.72. The van der Waals surface area contributed by atoms with Crippen LogP contribution in [0.25, 0.3) is 5.03 Å². The molecule has 0 aliphatic heterocycles. The Hall–Kier alpha value is -0.590. The zero-order valence-electron chi connectivity index (χ0n) is 9.84. The monoisotopic (exact) mass is 345 g/mol. The fourth-order valence-corrected chi connectivity index (χ4v) is 1.61. The predicted octanol–water partition coefficient (Wildman–Crippen LogP) is 6.05. The van der Waals surface area contributed by atoms with E-state index in [1.165, 1.54) is 0 Å². The van der Waals surface area contributed by atoms with E-state index in [0.717, 1.165) is 9.91 Å². The van der Waals surface area contributed by atoms with Crippen molar-refractivity contribution in [2.24, 2.45) is 0 Å². The molecule has 0 aromatic carbocycles. The molecule has 0 aliphatic rings. The number of allylic oxidation sites excluding steroid dienone is 1. The Kier molecular flexibility index (Phi) is 5.25. The molecule has 1 rings (SSSR count). The Bertz CT molecular complexity index is 460. The molecule has 0 radical (unpaired) electrons. The van der Waals surface area contributed by atoms with E-state index in [9.17, 15) is 25.2 Å². The molecule has 1 aromatic rings. The van der Waals surface area contributed by atoms with E-state index in [-0.39, 0.29) is 0 Å². The van der Waals surface area contributed by atoms with Crippen LogP contribution in [0.1, 0.15) is 4.88 Å². The van der Waals surface area contributed by atoms with E-state index >= 15 is 0 Å². The van der Waals surface area contributed by atoms with Gasteiger partial charge in [-0.05, 0) is 11.4 Å². The van der Waals surface area contributed by atoms with Gasteiger partial charge in [0, 0.05) is 11.0 Å². The quantitative estimate of drug-likeness (QED) is 0.265. The van der Waals surface area contributed by atoms with Crippen LogP contribution in [-0.2, 0) is 0 Å². The third-order valence-corrected chi connectivity index (χ3v) is 2.62.